The van der Waals surface area contributed by atoms with Crippen LogP contribution in [0.5, 0.6) is 0 Å². The highest BCUT2D eigenvalue weighted by Crippen LogP contribution is 2.26. The lowest BCUT2D eigenvalue weighted by atomic mass is 9.97. The predicted octanol–water partition coefficient (Wildman–Crippen LogP) is 2.09. The number of nitrogens with zero attached hydrogens (tertiary/aromatic N) is 3. The van der Waals surface area contributed by atoms with Crippen LogP contribution >= 0.6 is 0 Å². The molecule has 0 amide bonds. The van der Waals surface area contributed by atoms with Gasteiger partial charge in [-0.2, -0.15) is 0 Å². The minimum Gasteiger partial charge on any atom is -0.317 e. The third-order valence-corrected chi connectivity index (χ3v) is 3.70. The maximum Gasteiger partial charge on any atom is 0.163 e. The second-order valence-corrected chi connectivity index (χ2v) is 4.98. The molecular formula is C14H17FN4. The number of halogens is 1. The molecule has 2 aromatic rings. The first-order valence-electron chi connectivity index (χ1n) is 6.61. The van der Waals surface area contributed by atoms with Gasteiger partial charge in [0.2, 0.25) is 0 Å². The van der Waals surface area contributed by atoms with Crippen LogP contribution in [0.3, 0.4) is 0 Å². The number of nitrogens with one attached hydrogen (secondary N) is 1. The normalized spacial score (nSPS) is 16.7. The van der Waals surface area contributed by atoms with Crippen LogP contribution in [0.1, 0.15) is 24.6 Å². The largest absolute Gasteiger partial charge is 0.317 e. The van der Waals surface area contributed by atoms with Crippen LogP contribution in [-0.4, -0.2) is 27.9 Å². The summed E-state index contributed by atoms with van der Waals surface area (Å²) in [6, 6.07) is 6.49. The second kappa shape index (κ2) is 5.09. The summed E-state index contributed by atoms with van der Waals surface area (Å²) in [5, 5.41) is 11.9. The topological polar surface area (TPSA) is 42.7 Å². The average molecular weight is 260 g/mol. The van der Waals surface area contributed by atoms with Crippen LogP contribution in [0.15, 0.2) is 24.3 Å². The SMILES string of the molecule is Cn1c(-c2cccc(F)c2)nnc1C1CCNCC1. The van der Waals surface area contributed by atoms with Crippen LogP contribution in [0.2, 0.25) is 0 Å². The lowest BCUT2D eigenvalue weighted by Crippen LogP contribution is -2.27. The molecule has 1 aliphatic heterocycles. The molecule has 1 fully saturated rings. The molecule has 1 aliphatic rings. The Hall–Kier alpha value is -1.75. The van der Waals surface area contributed by atoms with Crippen molar-refractivity contribution in [2.75, 3.05) is 13.1 Å². The van der Waals surface area contributed by atoms with Gasteiger partial charge in [0.15, 0.2) is 5.82 Å². The van der Waals surface area contributed by atoms with E-state index in [-0.39, 0.29) is 5.82 Å². The van der Waals surface area contributed by atoms with E-state index in [0.717, 1.165) is 43.1 Å². The highest BCUT2D eigenvalue weighted by atomic mass is 19.1. The Morgan fingerprint density at radius 1 is 1.26 bits per heavy atom. The Bertz CT molecular complexity index is 573. The van der Waals surface area contributed by atoms with Gasteiger partial charge in [-0.15, -0.1) is 10.2 Å². The summed E-state index contributed by atoms with van der Waals surface area (Å²) in [6.07, 6.45) is 2.16. The number of hydrogen-bond acceptors (Lipinski definition) is 3. The first-order chi connectivity index (χ1) is 9.25. The standard InChI is InChI=1S/C14H17FN4/c1-19-13(10-5-7-16-8-6-10)17-18-14(19)11-3-2-4-12(15)9-11/h2-4,9-10,16H,5-8H2,1H3. The zero-order valence-corrected chi connectivity index (χ0v) is 10.9. The first-order valence-corrected chi connectivity index (χ1v) is 6.61. The van der Waals surface area contributed by atoms with Crippen molar-refractivity contribution in [1.82, 2.24) is 20.1 Å². The zero-order valence-electron chi connectivity index (χ0n) is 10.9. The molecule has 1 N–H and O–H groups in total. The molecular weight excluding hydrogens is 243 g/mol. The number of aromatic nitrogens is 3. The fraction of sp³-hybridized carbons (Fsp3) is 0.429. The summed E-state index contributed by atoms with van der Waals surface area (Å²) < 4.78 is 15.3. The molecule has 3 rings (SSSR count). The van der Waals surface area contributed by atoms with Gasteiger partial charge in [-0.1, -0.05) is 12.1 Å². The van der Waals surface area contributed by atoms with E-state index in [2.05, 4.69) is 15.5 Å². The van der Waals surface area contributed by atoms with Crippen LogP contribution in [0.25, 0.3) is 11.4 Å². The molecule has 1 aromatic heterocycles. The van der Waals surface area contributed by atoms with Gasteiger partial charge in [0.25, 0.3) is 0 Å². The first kappa shape index (κ1) is 12.3. The summed E-state index contributed by atoms with van der Waals surface area (Å²) >= 11 is 0. The Kier molecular flexibility index (Phi) is 3.29. The molecule has 19 heavy (non-hydrogen) atoms. The summed E-state index contributed by atoms with van der Waals surface area (Å²) in [5.74, 6) is 1.93. The Labute approximate surface area is 111 Å². The van der Waals surface area contributed by atoms with Crippen molar-refractivity contribution in [2.45, 2.75) is 18.8 Å². The van der Waals surface area contributed by atoms with Crippen molar-refractivity contribution in [3.63, 3.8) is 0 Å². The molecule has 1 aromatic carbocycles. The van der Waals surface area contributed by atoms with Gasteiger partial charge in [0.1, 0.15) is 11.6 Å². The van der Waals surface area contributed by atoms with Gasteiger partial charge in [-0.25, -0.2) is 4.39 Å². The lowest BCUT2D eigenvalue weighted by molar-refractivity contribution is 0.436. The van der Waals surface area contributed by atoms with Crippen LogP contribution in [0.4, 0.5) is 4.39 Å². The molecule has 2 heterocycles. The van der Waals surface area contributed by atoms with Gasteiger partial charge < -0.3 is 9.88 Å². The number of piperidine rings is 1. The predicted molar refractivity (Wildman–Crippen MR) is 71.2 cm³/mol. The Balaban J connectivity index is 1.94. The van der Waals surface area contributed by atoms with E-state index in [0.29, 0.717) is 5.92 Å². The fourth-order valence-corrected chi connectivity index (χ4v) is 2.66. The summed E-state index contributed by atoms with van der Waals surface area (Å²) in [5.41, 5.74) is 0.773. The Morgan fingerprint density at radius 3 is 2.79 bits per heavy atom. The van der Waals surface area contributed by atoms with Crippen molar-refractivity contribution < 1.29 is 4.39 Å². The van der Waals surface area contributed by atoms with E-state index < -0.39 is 0 Å². The monoisotopic (exact) mass is 260 g/mol. The molecule has 0 spiro atoms. The fourth-order valence-electron chi connectivity index (χ4n) is 2.66. The zero-order chi connectivity index (χ0) is 13.2. The van der Waals surface area contributed by atoms with Gasteiger partial charge in [0.05, 0.1) is 0 Å². The number of rotatable bonds is 2. The lowest BCUT2D eigenvalue weighted by Gasteiger charge is -2.21. The molecule has 100 valence electrons. The maximum absolute atomic E-state index is 13.3. The summed E-state index contributed by atoms with van der Waals surface area (Å²) in [4.78, 5) is 0. The molecule has 0 atom stereocenters. The van der Waals surface area contributed by atoms with Crippen molar-refractivity contribution in [3.8, 4) is 11.4 Å². The highest BCUT2D eigenvalue weighted by molar-refractivity contribution is 5.55. The molecule has 5 heteroatoms. The summed E-state index contributed by atoms with van der Waals surface area (Å²) in [7, 11) is 1.96. The molecule has 1 saturated heterocycles. The van der Waals surface area contributed by atoms with Crippen LogP contribution < -0.4 is 5.32 Å². The third-order valence-electron chi connectivity index (χ3n) is 3.70. The van der Waals surface area contributed by atoms with E-state index in [1.165, 1.54) is 12.1 Å². The van der Waals surface area contributed by atoms with Gasteiger partial charge in [0, 0.05) is 18.5 Å². The number of hydrogen-bond donors (Lipinski definition) is 1. The van der Waals surface area contributed by atoms with E-state index in [4.69, 9.17) is 0 Å². The van der Waals surface area contributed by atoms with Crippen LogP contribution in [-0.2, 0) is 7.05 Å². The molecule has 4 nitrogen and oxygen atoms in total. The van der Waals surface area contributed by atoms with Crippen LogP contribution in [0, 0.1) is 5.82 Å². The third kappa shape index (κ3) is 2.38. The number of benzene rings is 1. The van der Waals surface area contributed by atoms with E-state index in [1.54, 1.807) is 6.07 Å². The quantitative estimate of drug-likeness (QED) is 0.899. The van der Waals surface area contributed by atoms with E-state index in [9.17, 15) is 4.39 Å². The molecule has 0 radical (unpaired) electrons. The van der Waals surface area contributed by atoms with Crippen molar-refractivity contribution in [1.29, 1.82) is 0 Å². The highest BCUT2D eigenvalue weighted by Gasteiger charge is 2.22. The van der Waals surface area contributed by atoms with Gasteiger partial charge in [-0.3, -0.25) is 0 Å². The minimum atomic E-state index is -0.246. The van der Waals surface area contributed by atoms with E-state index in [1.807, 2.05) is 17.7 Å². The average Bonchev–Trinajstić information content (AvgIpc) is 2.81. The van der Waals surface area contributed by atoms with E-state index >= 15 is 0 Å². The molecule has 0 saturated carbocycles. The van der Waals surface area contributed by atoms with Crippen molar-refractivity contribution in [2.24, 2.45) is 7.05 Å². The summed E-state index contributed by atoms with van der Waals surface area (Å²) in [6.45, 7) is 2.04. The molecule has 0 aliphatic carbocycles. The maximum atomic E-state index is 13.3. The molecule has 0 unspecified atom stereocenters. The smallest absolute Gasteiger partial charge is 0.163 e. The van der Waals surface area contributed by atoms with Crippen molar-refractivity contribution >= 4 is 0 Å². The van der Waals surface area contributed by atoms with Gasteiger partial charge in [-0.05, 0) is 38.1 Å². The van der Waals surface area contributed by atoms with Gasteiger partial charge >= 0.3 is 0 Å². The second-order valence-electron chi connectivity index (χ2n) is 4.98. The van der Waals surface area contributed by atoms with Crippen molar-refractivity contribution in [3.05, 3.63) is 35.9 Å². The Morgan fingerprint density at radius 2 is 2.05 bits per heavy atom. The minimum absolute atomic E-state index is 0.246. The molecule has 0 bridgehead atoms.